The average Bonchev–Trinajstić information content (AvgIpc) is 3.00. The molecule has 8 nitrogen and oxygen atoms in total. The van der Waals surface area contributed by atoms with E-state index in [1.54, 1.807) is 0 Å². The molecule has 0 aromatic heterocycles. The van der Waals surface area contributed by atoms with Crippen molar-refractivity contribution in [3.8, 4) is 0 Å². The van der Waals surface area contributed by atoms with E-state index in [9.17, 15) is 19.2 Å². The fourth-order valence-electron chi connectivity index (χ4n) is 3.55. The predicted molar refractivity (Wildman–Crippen MR) is 76.1 cm³/mol. The number of rotatable bonds is 3. The van der Waals surface area contributed by atoms with Crippen LogP contribution in [0.1, 0.15) is 39.0 Å². The van der Waals surface area contributed by atoms with Crippen molar-refractivity contribution in [1.29, 1.82) is 0 Å². The molecule has 2 aliphatic heterocycles. The van der Waals surface area contributed by atoms with Gasteiger partial charge in [0.2, 0.25) is 6.10 Å². The Morgan fingerprint density at radius 3 is 2.78 bits per heavy atom. The Bertz CT molecular complexity index is 562. The van der Waals surface area contributed by atoms with E-state index in [0.29, 0.717) is 12.8 Å². The van der Waals surface area contributed by atoms with E-state index >= 15 is 0 Å². The van der Waals surface area contributed by atoms with Crippen LogP contribution in [0.5, 0.6) is 0 Å². The van der Waals surface area contributed by atoms with E-state index in [1.807, 2.05) is 6.92 Å². The number of ether oxygens (including phenoxy) is 2. The second kappa shape index (κ2) is 5.82. The molecule has 2 heterocycles. The normalized spacial score (nSPS) is 33.8. The summed E-state index contributed by atoms with van der Waals surface area (Å²) in [5.41, 5.74) is -0.901. The average molecular weight is 324 g/mol. The van der Waals surface area contributed by atoms with Crippen LogP contribution in [0.3, 0.4) is 0 Å². The zero-order valence-corrected chi connectivity index (χ0v) is 13.0. The van der Waals surface area contributed by atoms with Crippen LogP contribution in [0.4, 0.5) is 4.79 Å². The molecule has 0 unspecified atom stereocenters. The number of hydrogen-bond donors (Lipinski definition) is 1. The van der Waals surface area contributed by atoms with E-state index in [-0.39, 0.29) is 18.4 Å². The maximum atomic E-state index is 12.7. The Hall–Kier alpha value is -2.12. The van der Waals surface area contributed by atoms with Crippen molar-refractivity contribution < 1.29 is 28.7 Å². The third-order valence-corrected chi connectivity index (χ3v) is 4.95. The number of nitrogens with one attached hydrogen (secondary N) is 1. The minimum Gasteiger partial charge on any atom is -0.463 e. The van der Waals surface area contributed by atoms with Gasteiger partial charge >= 0.3 is 18.0 Å². The molecule has 0 aromatic rings. The Labute approximate surface area is 133 Å². The zero-order valence-electron chi connectivity index (χ0n) is 13.0. The molecule has 1 N–H and O–H groups in total. The molecular weight excluding hydrogens is 304 g/mol. The first-order chi connectivity index (χ1) is 10.9. The maximum absolute atomic E-state index is 12.7. The highest BCUT2D eigenvalue weighted by Crippen LogP contribution is 2.38. The van der Waals surface area contributed by atoms with Gasteiger partial charge in [0.1, 0.15) is 12.1 Å². The molecule has 1 saturated carbocycles. The molecule has 1 spiro atoms. The van der Waals surface area contributed by atoms with Crippen molar-refractivity contribution in [1.82, 2.24) is 10.2 Å². The van der Waals surface area contributed by atoms with Gasteiger partial charge in [-0.2, -0.15) is 0 Å². The third kappa shape index (κ3) is 2.66. The van der Waals surface area contributed by atoms with Crippen LogP contribution in [0.2, 0.25) is 0 Å². The lowest BCUT2D eigenvalue weighted by Crippen LogP contribution is -2.54. The number of carbonyl (C=O) groups excluding carboxylic acids is 4. The largest absolute Gasteiger partial charge is 0.463 e. The lowest BCUT2D eigenvalue weighted by atomic mass is 9.73. The van der Waals surface area contributed by atoms with Crippen LogP contribution < -0.4 is 5.32 Å². The third-order valence-electron chi connectivity index (χ3n) is 4.95. The molecule has 0 radical (unpaired) electrons. The molecule has 3 rings (SSSR count). The highest BCUT2D eigenvalue weighted by Gasteiger charge is 2.55. The summed E-state index contributed by atoms with van der Waals surface area (Å²) in [5.74, 6) is -1.72. The molecule has 3 fully saturated rings. The molecule has 3 atom stereocenters. The minimum absolute atomic E-state index is 0.0264. The lowest BCUT2D eigenvalue weighted by Gasteiger charge is -2.36. The van der Waals surface area contributed by atoms with Gasteiger partial charge in [0, 0.05) is 6.42 Å². The van der Waals surface area contributed by atoms with E-state index in [1.165, 1.54) is 0 Å². The van der Waals surface area contributed by atoms with Gasteiger partial charge in [-0.25, -0.2) is 9.59 Å². The number of urea groups is 1. The predicted octanol–water partition coefficient (Wildman–Crippen LogP) is 0.346. The highest BCUT2D eigenvalue weighted by molar-refractivity contribution is 6.09. The molecule has 8 heteroatoms. The second-order valence-corrected chi connectivity index (χ2v) is 6.37. The first kappa shape index (κ1) is 15.8. The maximum Gasteiger partial charge on any atom is 0.347 e. The molecule has 3 aliphatic rings. The number of esters is 2. The van der Waals surface area contributed by atoms with Crippen molar-refractivity contribution in [2.45, 2.75) is 50.7 Å². The summed E-state index contributed by atoms with van der Waals surface area (Å²) >= 11 is 0. The summed E-state index contributed by atoms with van der Waals surface area (Å²) < 4.78 is 9.70. The van der Waals surface area contributed by atoms with Gasteiger partial charge in [-0.05, 0) is 18.8 Å². The first-order valence-electron chi connectivity index (χ1n) is 7.94. The lowest BCUT2D eigenvalue weighted by molar-refractivity contribution is -0.161. The summed E-state index contributed by atoms with van der Waals surface area (Å²) in [5, 5.41) is 2.76. The van der Waals surface area contributed by atoms with Gasteiger partial charge in [0.25, 0.3) is 5.91 Å². The van der Waals surface area contributed by atoms with Gasteiger partial charge in [0.15, 0.2) is 0 Å². The SMILES string of the molecule is C[C@@H]1CCCC[C@@]12NC(=O)N(CC(=O)O[C@@H]1CCOC1=O)C2=O. The van der Waals surface area contributed by atoms with E-state index in [4.69, 9.17) is 9.47 Å². The number of amides is 3. The van der Waals surface area contributed by atoms with E-state index in [2.05, 4.69) is 5.32 Å². The van der Waals surface area contributed by atoms with Gasteiger partial charge < -0.3 is 14.8 Å². The van der Waals surface area contributed by atoms with Crippen molar-refractivity contribution in [2.24, 2.45) is 5.92 Å². The highest BCUT2D eigenvalue weighted by atomic mass is 16.6. The van der Waals surface area contributed by atoms with Crippen LogP contribution in [-0.4, -0.2) is 53.6 Å². The van der Waals surface area contributed by atoms with Crippen molar-refractivity contribution in [3.05, 3.63) is 0 Å². The molecule has 1 aliphatic carbocycles. The van der Waals surface area contributed by atoms with Crippen LogP contribution in [0.15, 0.2) is 0 Å². The standard InChI is InChI=1S/C15H20N2O6/c1-9-4-2-3-6-15(9)13(20)17(14(21)16-15)8-11(18)23-10-5-7-22-12(10)19/h9-10H,2-8H2,1H3,(H,16,21)/t9-,10-,15-/m1/s1. The van der Waals surface area contributed by atoms with Gasteiger partial charge in [0.05, 0.1) is 6.61 Å². The van der Waals surface area contributed by atoms with Gasteiger partial charge in [-0.1, -0.05) is 19.8 Å². The van der Waals surface area contributed by atoms with Crippen molar-refractivity contribution >= 4 is 23.9 Å². The molecular formula is C15H20N2O6. The molecule has 0 bridgehead atoms. The first-order valence-corrected chi connectivity index (χ1v) is 7.94. The smallest absolute Gasteiger partial charge is 0.347 e. The Balaban J connectivity index is 1.66. The Morgan fingerprint density at radius 2 is 2.13 bits per heavy atom. The summed E-state index contributed by atoms with van der Waals surface area (Å²) in [6, 6.07) is -0.574. The topological polar surface area (TPSA) is 102 Å². The van der Waals surface area contributed by atoms with E-state index in [0.717, 1.165) is 24.2 Å². The van der Waals surface area contributed by atoms with E-state index < -0.39 is 36.2 Å². The fourth-order valence-corrected chi connectivity index (χ4v) is 3.55. The number of nitrogens with zero attached hydrogens (tertiary/aromatic N) is 1. The fraction of sp³-hybridized carbons (Fsp3) is 0.733. The van der Waals surface area contributed by atoms with Crippen LogP contribution in [0.25, 0.3) is 0 Å². The van der Waals surface area contributed by atoms with Crippen molar-refractivity contribution in [2.75, 3.05) is 13.2 Å². The second-order valence-electron chi connectivity index (χ2n) is 6.37. The molecule has 0 aromatic carbocycles. The van der Waals surface area contributed by atoms with Crippen LogP contribution in [0, 0.1) is 5.92 Å². The number of imide groups is 1. The molecule has 3 amide bonds. The number of carbonyl (C=O) groups is 4. The summed E-state index contributed by atoms with van der Waals surface area (Å²) in [7, 11) is 0. The summed E-state index contributed by atoms with van der Waals surface area (Å²) in [6.07, 6.45) is 2.69. The molecule has 23 heavy (non-hydrogen) atoms. The van der Waals surface area contributed by atoms with Crippen LogP contribution >= 0.6 is 0 Å². The zero-order chi connectivity index (χ0) is 16.6. The van der Waals surface area contributed by atoms with Crippen molar-refractivity contribution in [3.63, 3.8) is 0 Å². The summed E-state index contributed by atoms with van der Waals surface area (Å²) in [4.78, 5) is 49.0. The van der Waals surface area contributed by atoms with Crippen LogP contribution in [-0.2, 0) is 23.9 Å². The Kier molecular flexibility index (Phi) is 3.99. The monoisotopic (exact) mass is 324 g/mol. The number of hydrogen-bond acceptors (Lipinski definition) is 6. The summed E-state index contributed by atoms with van der Waals surface area (Å²) in [6.45, 7) is 1.66. The number of cyclic esters (lactones) is 1. The minimum atomic E-state index is -0.939. The quantitative estimate of drug-likeness (QED) is 0.593. The van der Waals surface area contributed by atoms with Gasteiger partial charge in [-0.15, -0.1) is 0 Å². The van der Waals surface area contributed by atoms with Gasteiger partial charge in [-0.3, -0.25) is 14.5 Å². The Morgan fingerprint density at radius 1 is 1.35 bits per heavy atom. The molecule has 2 saturated heterocycles. The molecule has 126 valence electrons.